The Morgan fingerprint density at radius 3 is 2.46 bits per heavy atom. The molecule has 0 amide bonds. The Morgan fingerprint density at radius 2 is 1.88 bits per heavy atom. The van der Waals surface area contributed by atoms with Crippen LogP contribution in [0, 0.1) is 0 Å². The van der Waals surface area contributed by atoms with Gasteiger partial charge in [0, 0.05) is 23.5 Å². The molecule has 1 aromatic carbocycles. The van der Waals surface area contributed by atoms with Crippen LogP contribution in [-0.2, 0) is 10.9 Å². The second-order valence-electron chi connectivity index (χ2n) is 5.23. The number of pyridine rings is 1. The summed E-state index contributed by atoms with van der Waals surface area (Å²) in [5.74, 6) is -0.527. The van der Waals surface area contributed by atoms with Crippen molar-refractivity contribution in [1.82, 2.24) is 9.97 Å². The van der Waals surface area contributed by atoms with Gasteiger partial charge in [-0.05, 0) is 43.3 Å². The Morgan fingerprint density at radius 1 is 1.15 bits per heavy atom. The molecule has 0 spiro atoms. The normalized spacial score (nSPS) is 11.4. The number of alkyl halides is 3. The Hall–Kier alpha value is -3.16. The molecule has 0 fully saturated rings. The van der Waals surface area contributed by atoms with Gasteiger partial charge in [-0.3, -0.25) is 4.98 Å². The van der Waals surface area contributed by atoms with Crippen molar-refractivity contribution in [1.29, 1.82) is 0 Å². The van der Waals surface area contributed by atoms with E-state index in [-0.39, 0.29) is 24.0 Å². The van der Waals surface area contributed by atoms with E-state index in [9.17, 15) is 18.0 Å². The number of carbonyl (C=O) groups is 1. The number of rotatable bonds is 4. The van der Waals surface area contributed by atoms with Gasteiger partial charge >= 0.3 is 12.1 Å². The number of benzene rings is 1. The Kier molecular flexibility index (Phi) is 4.75. The molecule has 0 bridgehead atoms. The molecule has 2 aromatic heterocycles. The van der Waals surface area contributed by atoms with E-state index >= 15 is 0 Å². The zero-order valence-corrected chi connectivity index (χ0v) is 13.6. The monoisotopic (exact) mass is 362 g/mol. The topological polar surface area (TPSA) is 65.2 Å². The first-order chi connectivity index (χ1) is 12.4. The molecule has 0 saturated carbocycles. The summed E-state index contributed by atoms with van der Waals surface area (Å²) in [6.45, 7) is 1.80. The minimum absolute atomic E-state index is 0.0145. The second kappa shape index (κ2) is 6.99. The molecular formula is C18H13F3N2O3. The van der Waals surface area contributed by atoms with Crippen molar-refractivity contribution in [2.75, 3.05) is 6.61 Å². The van der Waals surface area contributed by atoms with Crippen LogP contribution in [-0.4, -0.2) is 22.5 Å². The predicted molar refractivity (Wildman–Crippen MR) is 86.1 cm³/mol. The van der Waals surface area contributed by atoms with Gasteiger partial charge in [0.15, 0.2) is 11.5 Å². The lowest BCUT2D eigenvalue weighted by Gasteiger charge is -2.06. The van der Waals surface area contributed by atoms with Crippen LogP contribution < -0.4 is 0 Å². The third-order valence-corrected chi connectivity index (χ3v) is 3.48. The fraction of sp³-hybridized carbons (Fsp3) is 0.167. The highest BCUT2D eigenvalue weighted by atomic mass is 19.4. The van der Waals surface area contributed by atoms with Crippen LogP contribution in [0.2, 0.25) is 0 Å². The van der Waals surface area contributed by atoms with Gasteiger partial charge < -0.3 is 9.15 Å². The number of hydrogen-bond acceptors (Lipinski definition) is 5. The molecule has 134 valence electrons. The lowest BCUT2D eigenvalue weighted by atomic mass is 10.1. The summed E-state index contributed by atoms with van der Waals surface area (Å²) in [5, 5.41) is 0. The Balaban J connectivity index is 2.05. The quantitative estimate of drug-likeness (QED) is 0.635. The maximum atomic E-state index is 12.7. The second-order valence-corrected chi connectivity index (χ2v) is 5.23. The van der Waals surface area contributed by atoms with E-state index in [4.69, 9.17) is 9.15 Å². The van der Waals surface area contributed by atoms with Crippen LogP contribution in [0.1, 0.15) is 23.0 Å². The molecule has 0 radical (unpaired) electrons. The average molecular weight is 362 g/mol. The maximum absolute atomic E-state index is 12.7. The summed E-state index contributed by atoms with van der Waals surface area (Å²) in [7, 11) is 0. The highest BCUT2D eigenvalue weighted by molar-refractivity contribution is 5.94. The van der Waals surface area contributed by atoms with E-state index in [1.54, 1.807) is 25.3 Å². The number of esters is 1. The fourth-order valence-corrected chi connectivity index (χ4v) is 2.28. The first kappa shape index (κ1) is 17.7. The van der Waals surface area contributed by atoms with Gasteiger partial charge in [0.1, 0.15) is 0 Å². The Labute approximate surface area is 146 Å². The van der Waals surface area contributed by atoms with Gasteiger partial charge in [0.2, 0.25) is 5.89 Å². The van der Waals surface area contributed by atoms with Crippen LogP contribution in [0.25, 0.3) is 22.8 Å². The third kappa shape index (κ3) is 3.58. The molecule has 26 heavy (non-hydrogen) atoms. The number of ether oxygens (including phenoxy) is 1. The van der Waals surface area contributed by atoms with E-state index in [0.29, 0.717) is 11.1 Å². The molecule has 0 aliphatic heterocycles. The van der Waals surface area contributed by atoms with E-state index < -0.39 is 17.7 Å². The standard InChI is InChI=1S/C18H13F3N2O3/c1-2-25-17(24)14-15(12-4-3-9-22-10-12)26-16(23-14)11-5-7-13(8-6-11)18(19,20)21/h3-10H,2H2,1H3. The van der Waals surface area contributed by atoms with Crippen LogP contribution in [0.15, 0.2) is 53.2 Å². The van der Waals surface area contributed by atoms with E-state index in [0.717, 1.165) is 12.1 Å². The number of oxazole rings is 1. The number of aromatic nitrogens is 2. The van der Waals surface area contributed by atoms with Crippen molar-refractivity contribution in [3.63, 3.8) is 0 Å². The molecule has 0 aliphatic rings. The molecule has 8 heteroatoms. The van der Waals surface area contributed by atoms with Gasteiger partial charge in [-0.1, -0.05) is 0 Å². The van der Waals surface area contributed by atoms with Crippen molar-refractivity contribution >= 4 is 5.97 Å². The molecule has 0 atom stereocenters. The highest BCUT2D eigenvalue weighted by Gasteiger charge is 2.30. The molecule has 5 nitrogen and oxygen atoms in total. The summed E-state index contributed by atoms with van der Waals surface area (Å²) in [6.07, 6.45) is -1.40. The van der Waals surface area contributed by atoms with Crippen molar-refractivity contribution in [3.8, 4) is 22.8 Å². The van der Waals surface area contributed by atoms with E-state index in [2.05, 4.69) is 9.97 Å². The SMILES string of the molecule is CCOC(=O)c1nc(-c2ccc(C(F)(F)F)cc2)oc1-c1cccnc1. The van der Waals surface area contributed by atoms with Crippen molar-refractivity contribution < 1.29 is 27.1 Å². The first-order valence-electron chi connectivity index (χ1n) is 7.66. The van der Waals surface area contributed by atoms with E-state index in [1.807, 2.05) is 0 Å². The summed E-state index contributed by atoms with van der Waals surface area (Å²) in [5.41, 5.74) is -0.0412. The van der Waals surface area contributed by atoms with Crippen molar-refractivity contribution in [2.45, 2.75) is 13.1 Å². The summed E-state index contributed by atoms with van der Waals surface area (Å²) >= 11 is 0. The third-order valence-electron chi connectivity index (χ3n) is 3.48. The molecule has 3 rings (SSSR count). The van der Waals surface area contributed by atoms with Crippen molar-refractivity contribution in [3.05, 3.63) is 60.0 Å². The molecule has 0 unspecified atom stereocenters. The van der Waals surface area contributed by atoms with Gasteiger partial charge in [-0.25, -0.2) is 9.78 Å². The number of nitrogens with zero attached hydrogens (tertiary/aromatic N) is 2. The number of hydrogen-bond donors (Lipinski definition) is 0. The maximum Gasteiger partial charge on any atom is 0.416 e. The van der Waals surface area contributed by atoms with E-state index in [1.165, 1.54) is 18.3 Å². The largest absolute Gasteiger partial charge is 0.461 e. The average Bonchev–Trinajstić information content (AvgIpc) is 3.07. The van der Waals surface area contributed by atoms with Gasteiger partial charge in [-0.15, -0.1) is 0 Å². The lowest BCUT2D eigenvalue weighted by molar-refractivity contribution is -0.137. The fourth-order valence-electron chi connectivity index (χ4n) is 2.28. The number of halogens is 3. The van der Waals surface area contributed by atoms with Gasteiger partial charge in [0.25, 0.3) is 0 Å². The smallest absolute Gasteiger partial charge is 0.416 e. The van der Waals surface area contributed by atoms with Crippen molar-refractivity contribution in [2.24, 2.45) is 0 Å². The van der Waals surface area contributed by atoms with Crippen LogP contribution in [0.5, 0.6) is 0 Å². The molecule has 0 N–H and O–H groups in total. The minimum Gasteiger partial charge on any atom is -0.461 e. The summed E-state index contributed by atoms with van der Waals surface area (Å²) in [6, 6.07) is 7.64. The Bertz CT molecular complexity index is 904. The minimum atomic E-state index is -4.44. The molecule has 0 saturated heterocycles. The van der Waals surface area contributed by atoms with Gasteiger partial charge in [0.05, 0.1) is 12.2 Å². The zero-order chi connectivity index (χ0) is 18.7. The van der Waals surface area contributed by atoms with Gasteiger partial charge in [-0.2, -0.15) is 13.2 Å². The number of carbonyl (C=O) groups excluding carboxylic acids is 1. The van der Waals surface area contributed by atoms with Crippen LogP contribution >= 0.6 is 0 Å². The first-order valence-corrected chi connectivity index (χ1v) is 7.66. The zero-order valence-electron chi connectivity index (χ0n) is 13.6. The van der Waals surface area contributed by atoms with Crippen LogP contribution in [0.4, 0.5) is 13.2 Å². The predicted octanol–water partition coefficient (Wildman–Crippen LogP) is 4.60. The lowest BCUT2D eigenvalue weighted by Crippen LogP contribution is -2.06. The van der Waals surface area contributed by atoms with Crippen LogP contribution in [0.3, 0.4) is 0 Å². The molecule has 2 heterocycles. The summed E-state index contributed by atoms with van der Waals surface area (Å²) < 4.78 is 48.7. The summed E-state index contributed by atoms with van der Waals surface area (Å²) in [4.78, 5) is 20.2. The molecule has 0 aliphatic carbocycles. The molecule has 3 aromatic rings. The highest BCUT2D eigenvalue weighted by Crippen LogP contribution is 2.33. The molecular weight excluding hydrogens is 349 g/mol.